The summed E-state index contributed by atoms with van der Waals surface area (Å²) in [5, 5.41) is 15.5. The van der Waals surface area contributed by atoms with Crippen molar-refractivity contribution in [2.24, 2.45) is 0 Å². The maximum absolute atomic E-state index is 11.9. The summed E-state index contributed by atoms with van der Waals surface area (Å²) in [6.07, 6.45) is 7.71. The maximum atomic E-state index is 11.9. The number of fused-ring (bicyclic) bond motifs is 3. The summed E-state index contributed by atoms with van der Waals surface area (Å²) >= 11 is 0. The molecule has 1 aliphatic carbocycles. The number of piperidine rings is 1. The first-order valence-corrected chi connectivity index (χ1v) is 9.10. The molecule has 0 spiro atoms. The fraction of sp³-hybridized carbons (Fsp3) is 0.588. The highest BCUT2D eigenvalue weighted by atomic mass is 16.5. The van der Waals surface area contributed by atoms with Crippen LogP contribution in [0.5, 0.6) is 0 Å². The number of nitrogens with zero attached hydrogens (tertiary/aromatic N) is 5. The Morgan fingerprint density at radius 1 is 1.00 bits per heavy atom. The van der Waals surface area contributed by atoms with E-state index in [0.29, 0.717) is 5.65 Å². The molecular formula is C17H22N6O3. The minimum atomic E-state index is -0.976. The van der Waals surface area contributed by atoms with Crippen molar-refractivity contribution in [3.8, 4) is 0 Å². The molecule has 9 nitrogen and oxygen atoms in total. The molecular weight excluding hydrogens is 336 g/mol. The molecule has 2 aromatic heterocycles. The molecule has 1 N–H and O–H groups in total. The first-order valence-electron chi connectivity index (χ1n) is 9.10. The molecule has 1 fully saturated rings. The fourth-order valence-corrected chi connectivity index (χ4v) is 3.80. The van der Waals surface area contributed by atoms with Crippen LogP contribution in [-0.4, -0.2) is 51.9 Å². The van der Waals surface area contributed by atoms with Crippen LogP contribution in [0.25, 0.3) is 5.65 Å². The molecule has 1 amide bonds. The number of esters is 1. The molecule has 0 bridgehead atoms. The van der Waals surface area contributed by atoms with Crippen molar-refractivity contribution in [2.45, 2.75) is 44.9 Å². The molecule has 0 aromatic carbocycles. The van der Waals surface area contributed by atoms with Crippen LogP contribution < -0.4 is 10.2 Å². The standard InChI is InChI=1S/C17H22N6O3/c1-26-16(25)15(24)18-17-20-19-13-11-7-3-4-8-12(11)14(21-23(13)17)22-9-5-2-6-10-22/h2-10H2,1H3,(H,18,20,24). The van der Waals surface area contributed by atoms with Crippen molar-refractivity contribution in [1.82, 2.24) is 19.8 Å². The number of amides is 1. The third-order valence-electron chi connectivity index (χ3n) is 5.09. The molecule has 1 saturated heterocycles. The van der Waals surface area contributed by atoms with Crippen molar-refractivity contribution in [3.63, 3.8) is 0 Å². The van der Waals surface area contributed by atoms with Gasteiger partial charge in [-0.2, -0.15) is 4.52 Å². The van der Waals surface area contributed by atoms with Crippen LogP contribution in [0, 0.1) is 0 Å². The number of methoxy groups -OCH3 is 1. The van der Waals surface area contributed by atoms with Gasteiger partial charge in [0.2, 0.25) is 0 Å². The quantitative estimate of drug-likeness (QED) is 0.634. The van der Waals surface area contributed by atoms with E-state index in [1.165, 1.54) is 12.0 Å². The molecule has 0 radical (unpaired) electrons. The minimum absolute atomic E-state index is 0.141. The number of aromatic nitrogens is 4. The van der Waals surface area contributed by atoms with E-state index in [2.05, 4.69) is 25.2 Å². The lowest BCUT2D eigenvalue weighted by atomic mass is 9.92. The average Bonchev–Trinajstić information content (AvgIpc) is 3.10. The van der Waals surface area contributed by atoms with Gasteiger partial charge in [0.05, 0.1) is 7.11 Å². The third-order valence-corrected chi connectivity index (χ3v) is 5.09. The molecule has 4 rings (SSSR count). The van der Waals surface area contributed by atoms with E-state index < -0.39 is 11.9 Å². The Labute approximate surface area is 150 Å². The van der Waals surface area contributed by atoms with Crippen molar-refractivity contribution in [3.05, 3.63) is 11.1 Å². The summed E-state index contributed by atoms with van der Waals surface area (Å²) < 4.78 is 6.00. The van der Waals surface area contributed by atoms with E-state index in [1.807, 2.05) is 0 Å². The molecule has 2 aliphatic rings. The van der Waals surface area contributed by atoms with Crippen molar-refractivity contribution in [1.29, 1.82) is 0 Å². The highest BCUT2D eigenvalue weighted by Crippen LogP contribution is 2.33. The lowest BCUT2D eigenvalue weighted by Gasteiger charge is -2.31. The lowest BCUT2D eigenvalue weighted by Crippen LogP contribution is -2.32. The summed E-state index contributed by atoms with van der Waals surface area (Å²) in [7, 11) is 1.16. The largest absolute Gasteiger partial charge is 0.462 e. The van der Waals surface area contributed by atoms with Crippen LogP contribution >= 0.6 is 0 Å². The first-order chi connectivity index (χ1) is 12.7. The Morgan fingerprint density at radius 2 is 1.73 bits per heavy atom. The molecule has 138 valence electrons. The van der Waals surface area contributed by atoms with Crippen molar-refractivity contribution < 1.29 is 14.3 Å². The van der Waals surface area contributed by atoms with Crippen LogP contribution in [0.15, 0.2) is 0 Å². The number of carbonyl (C=O) groups is 2. The van der Waals surface area contributed by atoms with Gasteiger partial charge >= 0.3 is 11.9 Å². The Balaban J connectivity index is 1.79. The van der Waals surface area contributed by atoms with Gasteiger partial charge in [-0.15, -0.1) is 15.3 Å². The lowest BCUT2D eigenvalue weighted by molar-refractivity contribution is -0.150. The number of aryl methyl sites for hydroxylation is 1. The van der Waals surface area contributed by atoms with Crippen LogP contribution in [0.1, 0.15) is 43.2 Å². The van der Waals surface area contributed by atoms with E-state index in [4.69, 9.17) is 5.10 Å². The van der Waals surface area contributed by atoms with Crippen LogP contribution in [0.2, 0.25) is 0 Å². The Kier molecular flexibility index (Phi) is 4.44. The predicted octanol–water partition coefficient (Wildman–Crippen LogP) is 1.10. The monoisotopic (exact) mass is 358 g/mol. The third kappa shape index (κ3) is 2.87. The van der Waals surface area contributed by atoms with Gasteiger partial charge in [0.25, 0.3) is 5.95 Å². The summed E-state index contributed by atoms with van der Waals surface area (Å²) in [5.74, 6) is -0.765. The van der Waals surface area contributed by atoms with Gasteiger partial charge in [0, 0.05) is 24.2 Å². The number of hydrogen-bond acceptors (Lipinski definition) is 7. The molecule has 26 heavy (non-hydrogen) atoms. The van der Waals surface area contributed by atoms with Gasteiger partial charge in [0.1, 0.15) is 0 Å². The number of nitrogens with one attached hydrogen (secondary N) is 1. The SMILES string of the molecule is COC(=O)C(=O)Nc1nnc2c3c(c(N4CCCCC4)nn12)CCCC3. The van der Waals surface area contributed by atoms with Gasteiger partial charge in [-0.25, -0.2) is 4.79 Å². The second kappa shape index (κ2) is 6.89. The fourth-order valence-electron chi connectivity index (χ4n) is 3.80. The second-order valence-electron chi connectivity index (χ2n) is 6.74. The predicted molar refractivity (Wildman–Crippen MR) is 94.1 cm³/mol. The molecule has 3 heterocycles. The first kappa shape index (κ1) is 16.7. The van der Waals surface area contributed by atoms with Crippen molar-refractivity contribution >= 4 is 29.3 Å². The number of ether oxygens (including phenoxy) is 1. The molecule has 9 heteroatoms. The van der Waals surface area contributed by atoms with Gasteiger partial charge in [-0.3, -0.25) is 10.1 Å². The van der Waals surface area contributed by atoms with E-state index >= 15 is 0 Å². The maximum Gasteiger partial charge on any atom is 0.396 e. The molecule has 1 aliphatic heterocycles. The Bertz CT molecular complexity index is 856. The van der Waals surface area contributed by atoms with Gasteiger partial charge in [-0.1, -0.05) is 0 Å². The van der Waals surface area contributed by atoms with Gasteiger partial charge in [0.15, 0.2) is 11.5 Å². The summed E-state index contributed by atoms with van der Waals surface area (Å²) in [4.78, 5) is 25.6. The topological polar surface area (TPSA) is 102 Å². The normalized spacial score (nSPS) is 17.0. The number of hydrogen-bond donors (Lipinski definition) is 1. The van der Waals surface area contributed by atoms with Gasteiger partial charge < -0.3 is 9.64 Å². The van der Waals surface area contributed by atoms with Gasteiger partial charge in [-0.05, 0) is 44.9 Å². The minimum Gasteiger partial charge on any atom is -0.462 e. The van der Waals surface area contributed by atoms with E-state index in [-0.39, 0.29) is 5.95 Å². The van der Waals surface area contributed by atoms with Crippen molar-refractivity contribution in [2.75, 3.05) is 30.4 Å². The molecule has 0 atom stereocenters. The Hall–Kier alpha value is -2.71. The molecule has 0 saturated carbocycles. The van der Waals surface area contributed by atoms with Crippen LogP contribution in [0.3, 0.4) is 0 Å². The Morgan fingerprint density at radius 3 is 2.46 bits per heavy atom. The second-order valence-corrected chi connectivity index (χ2v) is 6.74. The number of anilines is 2. The smallest absolute Gasteiger partial charge is 0.396 e. The summed E-state index contributed by atoms with van der Waals surface area (Å²) in [6.45, 7) is 1.97. The number of rotatable bonds is 2. The van der Waals surface area contributed by atoms with E-state index in [0.717, 1.165) is 70.1 Å². The zero-order valence-corrected chi connectivity index (χ0v) is 14.8. The highest BCUT2D eigenvalue weighted by Gasteiger charge is 2.26. The summed E-state index contributed by atoms with van der Waals surface area (Å²) in [6, 6.07) is 0. The van der Waals surface area contributed by atoms with E-state index in [1.54, 1.807) is 4.52 Å². The summed E-state index contributed by atoms with van der Waals surface area (Å²) in [5.41, 5.74) is 3.06. The van der Waals surface area contributed by atoms with Crippen LogP contribution in [-0.2, 0) is 27.2 Å². The molecule has 0 unspecified atom stereocenters. The zero-order chi connectivity index (χ0) is 18.1. The highest BCUT2D eigenvalue weighted by molar-refractivity contribution is 6.37. The molecule has 2 aromatic rings. The average molecular weight is 358 g/mol. The van der Waals surface area contributed by atoms with E-state index in [9.17, 15) is 9.59 Å². The van der Waals surface area contributed by atoms with Crippen LogP contribution in [0.4, 0.5) is 11.8 Å². The number of carbonyl (C=O) groups excluding carboxylic acids is 2. The zero-order valence-electron chi connectivity index (χ0n) is 14.8.